The molecule has 0 heterocycles. The van der Waals surface area contributed by atoms with Crippen LogP contribution in [0.2, 0.25) is 0 Å². The Balaban J connectivity index is 3.71. The summed E-state index contributed by atoms with van der Waals surface area (Å²) in [5.41, 5.74) is 0. The molecule has 0 radical (unpaired) electrons. The van der Waals surface area contributed by atoms with Crippen molar-refractivity contribution in [2.45, 2.75) is 25.5 Å². The Kier molecular flexibility index (Phi) is 5.82. The van der Waals surface area contributed by atoms with Gasteiger partial charge in [-0.25, -0.2) is 0 Å². The zero-order chi connectivity index (χ0) is 11.1. The summed E-state index contributed by atoms with van der Waals surface area (Å²) >= 11 is 0. The third-order valence-corrected chi connectivity index (χ3v) is 1.71. The molecule has 2 atom stereocenters. The molecule has 0 aliphatic heterocycles. The van der Waals surface area contributed by atoms with E-state index in [0.717, 1.165) is 0 Å². The second-order valence-corrected chi connectivity index (χ2v) is 3.00. The van der Waals surface area contributed by atoms with Crippen LogP contribution in [0.15, 0.2) is 0 Å². The standard InChI is InChI=1S/C8H16N2O4/c1-5(8(14)9-2)10-4-6(11)3-7(12)13/h5-6,10-11H,3-4H2,1-2H3,(H,9,14)(H,12,13). The zero-order valence-electron chi connectivity index (χ0n) is 8.28. The number of aliphatic carboxylic acids is 1. The second kappa shape index (κ2) is 6.33. The van der Waals surface area contributed by atoms with Gasteiger partial charge in [-0.2, -0.15) is 0 Å². The number of likely N-dealkylation sites (N-methyl/N-ethyl adjacent to an activating group) is 1. The molecule has 1 amide bonds. The lowest BCUT2D eigenvalue weighted by atomic mass is 10.2. The second-order valence-electron chi connectivity index (χ2n) is 3.00. The van der Waals surface area contributed by atoms with Crippen molar-refractivity contribution in [2.24, 2.45) is 0 Å². The number of carbonyl (C=O) groups excluding carboxylic acids is 1. The van der Waals surface area contributed by atoms with Crippen LogP contribution in [0.5, 0.6) is 0 Å². The van der Waals surface area contributed by atoms with Crippen molar-refractivity contribution in [1.29, 1.82) is 0 Å². The molecule has 4 N–H and O–H groups in total. The van der Waals surface area contributed by atoms with E-state index in [1.807, 2.05) is 0 Å². The Hall–Kier alpha value is -1.14. The van der Waals surface area contributed by atoms with Crippen molar-refractivity contribution in [3.63, 3.8) is 0 Å². The molecule has 0 aromatic carbocycles. The van der Waals surface area contributed by atoms with Gasteiger partial charge in [0.15, 0.2) is 0 Å². The lowest BCUT2D eigenvalue weighted by Crippen LogP contribution is -2.43. The normalized spacial score (nSPS) is 14.5. The fourth-order valence-corrected chi connectivity index (χ4v) is 0.896. The summed E-state index contributed by atoms with van der Waals surface area (Å²) < 4.78 is 0. The molecule has 0 saturated carbocycles. The molecule has 0 aromatic heterocycles. The Bertz CT molecular complexity index is 208. The van der Waals surface area contributed by atoms with Gasteiger partial charge in [-0.3, -0.25) is 9.59 Å². The van der Waals surface area contributed by atoms with Gasteiger partial charge in [-0.1, -0.05) is 0 Å². The van der Waals surface area contributed by atoms with Gasteiger partial charge in [0.05, 0.1) is 18.6 Å². The molecule has 0 fully saturated rings. The van der Waals surface area contributed by atoms with E-state index >= 15 is 0 Å². The molecule has 0 spiro atoms. The van der Waals surface area contributed by atoms with E-state index in [9.17, 15) is 9.59 Å². The third kappa shape index (κ3) is 5.50. The predicted molar refractivity (Wildman–Crippen MR) is 49.8 cm³/mol. The number of carboxylic acid groups (broad SMARTS) is 1. The molecular weight excluding hydrogens is 188 g/mol. The van der Waals surface area contributed by atoms with Crippen molar-refractivity contribution < 1.29 is 19.8 Å². The molecule has 0 saturated heterocycles. The summed E-state index contributed by atoms with van der Waals surface area (Å²) in [5.74, 6) is -1.26. The number of aliphatic hydroxyl groups is 1. The number of carboxylic acids is 1. The van der Waals surface area contributed by atoms with Crippen LogP contribution in [0, 0.1) is 0 Å². The maximum absolute atomic E-state index is 11.0. The van der Waals surface area contributed by atoms with Crippen molar-refractivity contribution in [1.82, 2.24) is 10.6 Å². The number of nitrogens with one attached hydrogen (secondary N) is 2. The summed E-state index contributed by atoms with van der Waals surface area (Å²) in [7, 11) is 1.51. The fourth-order valence-electron chi connectivity index (χ4n) is 0.896. The third-order valence-electron chi connectivity index (χ3n) is 1.71. The van der Waals surface area contributed by atoms with E-state index in [-0.39, 0.29) is 18.9 Å². The van der Waals surface area contributed by atoms with E-state index in [0.29, 0.717) is 0 Å². The predicted octanol–water partition coefficient (Wildman–Crippen LogP) is -1.45. The largest absolute Gasteiger partial charge is 0.481 e. The SMILES string of the molecule is CNC(=O)C(C)NCC(O)CC(=O)O. The van der Waals surface area contributed by atoms with Crippen LogP contribution >= 0.6 is 0 Å². The molecule has 0 aromatic rings. The summed E-state index contributed by atoms with van der Waals surface area (Å²) in [6.07, 6.45) is -1.30. The highest BCUT2D eigenvalue weighted by molar-refractivity contribution is 5.80. The van der Waals surface area contributed by atoms with Gasteiger partial charge in [-0.05, 0) is 6.92 Å². The maximum Gasteiger partial charge on any atom is 0.306 e. The van der Waals surface area contributed by atoms with Crippen LogP contribution in [0.25, 0.3) is 0 Å². The lowest BCUT2D eigenvalue weighted by molar-refractivity contribution is -0.139. The van der Waals surface area contributed by atoms with E-state index < -0.39 is 18.1 Å². The highest BCUT2D eigenvalue weighted by atomic mass is 16.4. The number of carbonyl (C=O) groups is 2. The van der Waals surface area contributed by atoms with Crippen molar-refractivity contribution in [2.75, 3.05) is 13.6 Å². The van der Waals surface area contributed by atoms with Gasteiger partial charge in [-0.15, -0.1) is 0 Å². The molecule has 2 unspecified atom stereocenters. The Morgan fingerprint density at radius 3 is 2.43 bits per heavy atom. The molecule has 0 bridgehead atoms. The van der Waals surface area contributed by atoms with Crippen LogP contribution in [0.1, 0.15) is 13.3 Å². The van der Waals surface area contributed by atoms with E-state index in [4.69, 9.17) is 10.2 Å². The van der Waals surface area contributed by atoms with Gasteiger partial charge in [0.25, 0.3) is 0 Å². The van der Waals surface area contributed by atoms with Crippen LogP contribution in [0.4, 0.5) is 0 Å². The first kappa shape index (κ1) is 12.9. The molecule has 6 nitrogen and oxygen atoms in total. The summed E-state index contributed by atoms with van der Waals surface area (Å²) in [6.45, 7) is 1.72. The molecule has 0 aliphatic carbocycles. The highest BCUT2D eigenvalue weighted by Gasteiger charge is 2.14. The summed E-state index contributed by atoms with van der Waals surface area (Å²) in [4.78, 5) is 21.2. The average molecular weight is 204 g/mol. The van der Waals surface area contributed by atoms with Gasteiger partial charge < -0.3 is 20.8 Å². The van der Waals surface area contributed by atoms with E-state index in [1.54, 1.807) is 6.92 Å². The van der Waals surface area contributed by atoms with Crippen molar-refractivity contribution >= 4 is 11.9 Å². The quantitative estimate of drug-likeness (QED) is 0.424. The van der Waals surface area contributed by atoms with E-state index in [1.165, 1.54) is 7.05 Å². The number of hydrogen-bond acceptors (Lipinski definition) is 4. The molecule has 0 rings (SSSR count). The van der Waals surface area contributed by atoms with Crippen molar-refractivity contribution in [3.8, 4) is 0 Å². The first-order chi connectivity index (χ1) is 6.47. The van der Waals surface area contributed by atoms with E-state index in [2.05, 4.69) is 10.6 Å². The number of amides is 1. The fraction of sp³-hybridized carbons (Fsp3) is 0.750. The Labute approximate surface area is 82.3 Å². The topological polar surface area (TPSA) is 98.7 Å². The van der Waals surface area contributed by atoms with Crippen LogP contribution in [0.3, 0.4) is 0 Å². The minimum atomic E-state index is -1.06. The van der Waals surface area contributed by atoms with Gasteiger partial charge in [0.1, 0.15) is 0 Å². The van der Waals surface area contributed by atoms with Crippen LogP contribution in [-0.2, 0) is 9.59 Å². The van der Waals surface area contributed by atoms with Gasteiger partial charge >= 0.3 is 5.97 Å². The van der Waals surface area contributed by atoms with Gasteiger partial charge in [0.2, 0.25) is 5.91 Å². The minimum Gasteiger partial charge on any atom is -0.481 e. The lowest BCUT2D eigenvalue weighted by Gasteiger charge is -2.14. The summed E-state index contributed by atoms with van der Waals surface area (Å²) in [6, 6.07) is -0.441. The average Bonchev–Trinajstić information content (AvgIpc) is 2.11. The molecule has 6 heteroatoms. The van der Waals surface area contributed by atoms with Crippen LogP contribution in [-0.4, -0.2) is 47.8 Å². The smallest absolute Gasteiger partial charge is 0.306 e. The Morgan fingerprint density at radius 1 is 1.43 bits per heavy atom. The molecule has 14 heavy (non-hydrogen) atoms. The zero-order valence-corrected chi connectivity index (χ0v) is 8.28. The Morgan fingerprint density at radius 2 is 2.00 bits per heavy atom. The summed E-state index contributed by atoms with van der Waals surface area (Å²) in [5, 5.41) is 22.6. The maximum atomic E-state index is 11.0. The molecule has 0 aliphatic rings. The molecule has 82 valence electrons. The van der Waals surface area contributed by atoms with Crippen molar-refractivity contribution in [3.05, 3.63) is 0 Å². The first-order valence-corrected chi connectivity index (χ1v) is 4.32. The van der Waals surface area contributed by atoms with Gasteiger partial charge in [0, 0.05) is 13.6 Å². The highest BCUT2D eigenvalue weighted by Crippen LogP contribution is 1.90. The monoisotopic (exact) mass is 204 g/mol. The first-order valence-electron chi connectivity index (χ1n) is 4.32. The number of rotatable bonds is 6. The number of hydrogen-bond donors (Lipinski definition) is 4. The number of aliphatic hydroxyl groups excluding tert-OH is 1. The van der Waals surface area contributed by atoms with Crippen LogP contribution < -0.4 is 10.6 Å². The minimum absolute atomic E-state index is 0.0842. The molecular formula is C8H16N2O4.